The molecule has 4 rings (SSSR count). The van der Waals surface area contributed by atoms with Crippen LogP contribution in [0.3, 0.4) is 0 Å². The number of benzene rings is 1. The zero-order chi connectivity index (χ0) is 23.2. The normalized spacial score (nSPS) is 11.9. The number of rotatable bonds is 8. The molecule has 8 nitrogen and oxygen atoms in total. The molecular formula is C24H24N6O2S. The van der Waals surface area contributed by atoms with Crippen LogP contribution >= 0.6 is 11.3 Å². The molecule has 0 spiro atoms. The first kappa shape index (κ1) is 22.5. The first-order valence-corrected chi connectivity index (χ1v) is 11.2. The van der Waals surface area contributed by atoms with Gasteiger partial charge in [-0.25, -0.2) is 4.98 Å². The molecule has 168 valence electrons. The molecule has 0 bridgehead atoms. The van der Waals surface area contributed by atoms with Gasteiger partial charge in [0.2, 0.25) is 11.0 Å². The SMILES string of the molecule is Cc1cc(C(=O)Nc2nnc(-c3ccncc3)s2)cnc1OC(CN(C)C)c1ccccc1. The highest BCUT2D eigenvalue weighted by molar-refractivity contribution is 7.18. The highest BCUT2D eigenvalue weighted by Crippen LogP contribution is 2.27. The molecule has 0 aliphatic rings. The molecule has 0 aliphatic carbocycles. The van der Waals surface area contributed by atoms with Crippen LogP contribution in [0, 0.1) is 6.92 Å². The fourth-order valence-corrected chi connectivity index (χ4v) is 3.95. The molecule has 0 saturated carbocycles. The van der Waals surface area contributed by atoms with Crippen molar-refractivity contribution in [2.75, 3.05) is 26.0 Å². The topological polar surface area (TPSA) is 93.1 Å². The second-order valence-corrected chi connectivity index (χ2v) is 8.71. The van der Waals surface area contributed by atoms with E-state index in [1.807, 2.05) is 63.5 Å². The molecular weight excluding hydrogens is 436 g/mol. The number of pyridine rings is 2. The van der Waals surface area contributed by atoms with E-state index in [9.17, 15) is 4.79 Å². The lowest BCUT2D eigenvalue weighted by Crippen LogP contribution is -2.24. The Morgan fingerprint density at radius 1 is 1.12 bits per heavy atom. The lowest BCUT2D eigenvalue weighted by molar-refractivity contribution is 0.102. The summed E-state index contributed by atoms with van der Waals surface area (Å²) in [4.78, 5) is 23.2. The maximum Gasteiger partial charge on any atom is 0.259 e. The minimum absolute atomic E-state index is 0.180. The number of aryl methyl sites for hydroxylation is 1. The molecule has 0 radical (unpaired) electrons. The predicted molar refractivity (Wildman–Crippen MR) is 128 cm³/mol. The Hall–Kier alpha value is -3.69. The summed E-state index contributed by atoms with van der Waals surface area (Å²) >= 11 is 1.30. The van der Waals surface area contributed by atoms with Gasteiger partial charge in [-0.2, -0.15) is 0 Å². The minimum atomic E-state index is -0.303. The maximum atomic E-state index is 12.7. The van der Waals surface area contributed by atoms with Crippen LogP contribution in [0.2, 0.25) is 0 Å². The molecule has 0 aliphatic heterocycles. The van der Waals surface area contributed by atoms with Gasteiger partial charge in [0.25, 0.3) is 5.91 Å². The van der Waals surface area contributed by atoms with Crippen molar-refractivity contribution in [1.29, 1.82) is 0 Å². The van der Waals surface area contributed by atoms with Crippen molar-refractivity contribution >= 4 is 22.4 Å². The Labute approximate surface area is 196 Å². The number of aromatic nitrogens is 4. The van der Waals surface area contributed by atoms with Crippen molar-refractivity contribution < 1.29 is 9.53 Å². The molecule has 33 heavy (non-hydrogen) atoms. The summed E-state index contributed by atoms with van der Waals surface area (Å²) in [5.74, 6) is 0.195. The summed E-state index contributed by atoms with van der Waals surface area (Å²) in [5, 5.41) is 12.1. The first-order chi connectivity index (χ1) is 16.0. The third-order valence-corrected chi connectivity index (χ3v) is 5.71. The van der Waals surface area contributed by atoms with E-state index < -0.39 is 0 Å². The zero-order valence-corrected chi connectivity index (χ0v) is 19.4. The van der Waals surface area contributed by atoms with Crippen LogP contribution in [0.4, 0.5) is 5.13 Å². The average Bonchev–Trinajstić information content (AvgIpc) is 3.29. The Balaban J connectivity index is 1.46. The van der Waals surface area contributed by atoms with Crippen molar-refractivity contribution in [1.82, 2.24) is 25.1 Å². The van der Waals surface area contributed by atoms with Crippen LogP contribution in [0.5, 0.6) is 5.88 Å². The Morgan fingerprint density at radius 3 is 2.58 bits per heavy atom. The van der Waals surface area contributed by atoms with Crippen LogP contribution in [0.15, 0.2) is 67.1 Å². The van der Waals surface area contributed by atoms with Gasteiger partial charge in [-0.05, 0) is 44.8 Å². The molecule has 1 atom stereocenters. The highest BCUT2D eigenvalue weighted by Gasteiger charge is 2.18. The zero-order valence-electron chi connectivity index (χ0n) is 18.6. The van der Waals surface area contributed by atoms with E-state index in [0.29, 0.717) is 28.1 Å². The molecule has 4 aromatic rings. The third kappa shape index (κ3) is 5.76. The Bertz CT molecular complexity index is 1210. The third-order valence-electron chi connectivity index (χ3n) is 4.82. The highest BCUT2D eigenvalue weighted by atomic mass is 32.1. The second-order valence-electron chi connectivity index (χ2n) is 7.73. The van der Waals surface area contributed by atoms with Crippen molar-refractivity contribution in [3.63, 3.8) is 0 Å². The van der Waals surface area contributed by atoms with Gasteiger partial charge in [-0.15, -0.1) is 10.2 Å². The van der Waals surface area contributed by atoms with Gasteiger partial charge in [0.1, 0.15) is 11.1 Å². The first-order valence-electron chi connectivity index (χ1n) is 10.4. The van der Waals surface area contributed by atoms with E-state index in [2.05, 4.69) is 30.4 Å². The molecule has 1 N–H and O–H groups in total. The Kier molecular flexibility index (Phi) is 7.01. The smallest absolute Gasteiger partial charge is 0.259 e. The number of likely N-dealkylation sites (N-methyl/N-ethyl adjacent to an activating group) is 1. The second kappa shape index (κ2) is 10.3. The van der Waals surface area contributed by atoms with Gasteiger partial charge in [0.15, 0.2) is 0 Å². The van der Waals surface area contributed by atoms with Crippen LogP contribution < -0.4 is 10.1 Å². The van der Waals surface area contributed by atoms with Crippen LogP contribution in [-0.2, 0) is 0 Å². The molecule has 3 heterocycles. The van der Waals surface area contributed by atoms with Gasteiger partial charge < -0.3 is 9.64 Å². The van der Waals surface area contributed by atoms with E-state index in [4.69, 9.17) is 4.74 Å². The number of amides is 1. The summed E-state index contributed by atoms with van der Waals surface area (Å²) in [5.41, 5.74) is 3.16. The van der Waals surface area contributed by atoms with E-state index in [1.165, 1.54) is 17.5 Å². The van der Waals surface area contributed by atoms with Crippen molar-refractivity contribution in [3.05, 3.63) is 83.8 Å². The van der Waals surface area contributed by atoms with E-state index in [0.717, 1.165) is 16.7 Å². The summed E-state index contributed by atoms with van der Waals surface area (Å²) < 4.78 is 6.24. The van der Waals surface area contributed by atoms with Crippen molar-refractivity contribution in [2.24, 2.45) is 0 Å². The molecule has 3 aromatic heterocycles. The fourth-order valence-electron chi connectivity index (χ4n) is 3.21. The molecule has 0 fully saturated rings. The number of hydrogen-bond acceptors (Lipinski definition) is 8. The number of ether oxygens (including phenoxy) is 1. The minimum Gasteiger partial charge on any atom is -0.468 e. The standard InChI is InChI=1S/C24H24N6O2S/c1-16-13-19(21(31)27-24-29-28-23(33-24)18-9-11-25-12-10-18)14-26-22(16)32-20(15-30(2)3)17-7-5-4-6-8-17/h4-14,20H,15H2,1-3H3,(H,27,29,31). The molecule has 1 amide bonds. The van der Waals surface area contributed by atoms with Gasteiger partial charge in [0, 0.05) is 36.3 Å². The summed E-state index contributed by atoms with van der Waals surface area (Å²) in [7, 11) is 4.00. The quantitative estimate of drug-likeness (QED) is 0.420. The van der Waals surface area contributed by atoms with E-state index in [1.54, 1.807) is 18.5 Å². The number of nitrogens with one attached hydrogen (secondary N) is 1. The van der Waals surface area contributed by atoms with Crippen molar-refractivity contribution in [2.45, 2.75) is 13.0 Å². The van der Waals surface area contributed by atoms with Crippen LogP contribution in [-0.4, -0.2) is 51.6 Å². The Morgan fingerprint density at radius 2 is 1.88 bits per heavy atom. The van der Waals surface area contributed by atoms with Gasteiger partial charge in [0.05, 0.1) is 5.56 Å². The fraction of sp³-hybridized carbons (Fsp3) is 0.208. The number of carbonyl (C=O) groups is 1. The predicted octanol–water partition coefficient (Wildman–Crippen LogP) is 4.24. The maximum absolute atomic E-state index is 12.7. The van der Waals surface area contributed by atoms with Crippen LogP contribution in [0.1, 0.15) is 27.6 Å². The summed E-state index contributed by atoms with van der Waals surface area (Å²) in [6, 6.07) is 15.5. The average molecular weight is 461 g/mol. The van der Waals surface area contributed by atoms with E-state index >= 15 is 0 Å². The number of hydrogen-bond donors (Lipinski definition) is 1. The number of nitrogens with zero attached hydrogens (tertiary/aromatic N) is 5. The summed E-state index contributed by atoms with van der Waals surface area (Å²) in [6.07, 6.45) is 4.71. The molecule has 1 aromatic carbocycles. The number of carbonyl (C=O) groups excluding carboxylic acids is 1. The van der Waals surface area contributed by atoms with Crippen molar-refractivity contribution in [3.8, 4) is 16.5 Å². The lowest BCUT2D eigenvalue weighted by atomic mass is 10.1. The van der Waals surface area contributed by atoms with Crippen LogP contribution in [0.25, 0.3) is 10.6 Å². The van der Waals surface area contributed by atoms with Gasteiger partial charge in [-0.3, -0.25) is 15.1 Å². The summed E-state index contributed by atoms with van der Waals surface area (Å²) in [6.45, 7) is 2.58. The number of anilines is 1. The molecule has 1 unspecified atom stereocenters. The monoisotopic (exact) mass is 460 g/mol. The van der Waals surface area contributed by atoms with E-state index in [-0.39, 0.29) is 12.0 Å². The lowest BCUT2D eigenvalue weighted by Gasteiger charge is -2.23. The molecule has 9 heteroatoms. The molecule has 0 saturated heterocycles. The van der Waals surface area contributed by atoms with Gasteiger partial charge >= 0.3 is 0 Å². The van der Waals surface area contributed by atoms with Gasteiger partial charge in [-0.1, -0.05) is 41.7 Å². The largest absolute Gasteiger partial charge is 0.468 e.